The highest BCUT2D eigenvalue weighted by Crippen LogP contribution is 2.30. The monoisotopic (exact) mass is 330 g/mol. The molecular formula is C16H14N2O4S. The fourth-order valence-corrected chi connectivity index (χ4v) is 3.36. The van der Waals surface area contributed by atoms with Crippen molar-refractivity contribution in [3.63, 3.8) is 0 Å². The molecule has 0 saturated carbocycles. The van der Waals surface area contributed by atoms with Crippen molar-refractivity contribution in [2.24, 2.45) is 0 Å². The molecule has 0 radical (unpaired) electrons. The van der Waals surface area contributed by atoms with Crippen LogP contribution in [0.2, 0.25) is 0 Å². The van der Waals surface area contributed by atoms with Gasteiger partial charge < -0.3 is 9.72 Å². The van der Waals surface area contributed by atoms with Crippen LogP contribution in [0, 0.1) is 0 Å². The first-order chi connectivity index (χ1) is 11.1. The number of aromatic nitrogens is 2. The van der Waals surface area contributed by atoms with Crippen molar-refractivity contribution in [1.29, 1.82) is 0 Å². The van der Waals surface area contributed by atoms with E-state index in [1.165, 1.54) is 18.4 Å². The second kappa shape index (κ2) is 6.21. The molecule has 1 aromatic carbocycles. The molecule has 0 aliphatic heterocycles. The van der Waals surface area contributed by atoms with Crippen LogP contribution >= 0.6 is 11.3 Å². The number of methoxy groups -OCH3 is 1. The number of rotatable bonds is 4. The number of nitrogens with one attached hydrogen (secondary N) is 1. The van der Waals surface area contributed by atoms with E-state index < -0.39 is 11.7 Å². The summed E-state index contributed by atoms with van der Waals surface area (Å²) in [5.41, 5.74) is 0.580. The standard InChI is InChI=1S/C16H14N2O4S/c1-22-13(19)7-8-18-15(20)14-11(17-16(18)21)9-12(23-14)10-5-3-2-4-6-10/h2-6,9H,7-8H2,1H3,(H,17,21). The van der Waals surface area contributed by atoms with Crippen molar-refractivity contribution < 1.29 is 9.53 Å². The van der Waals surface area contributed by atoms with Gasteiger partial charge in [0.2, 0.25) is 0 Å². The molecule has 0 spiro atoms. The Morgan fingerprint density at radius 1 is 1.26 bits per heavy atom. The highest BCUT2D eigenvalue weighted by Gasteiger charge is 2.13. The minimum Gasteiger partial charge on any atom is -0.469 e. The smallest absolute Gasteiger partial charge is 0.328 e. The number of benzene rings is 1. The molecule has 0 fully saturated rings. The second-order valence-corrected chi connectivity index (χ2v) is 5.98. The van der Waals surface area contributed by atoms with E-state index in [4.69, 9.17) is 0 Å². The zero-order valence-corrected chi connectivity index (χ0v) is 13.2. The first-order valence-electron chi connectivity index (χ1n) is 6.99. The number of aromatic amines is 1. The Hall–Kier alpha value is -2.67. The Kier molecular flexibility index (Phi) is 4.12. The molecule has 1 N–H and O–H groups in total. The molecule has 0 aliphatic carbocycles. The van der Waals surface area contributed by atoms with Gasteiger partial charge in [-0.15, -0.1) is 11.3 Å². The zero-order chi connectivity index (χ0) is 16.4. The van der Waals surface area contributed by atoms with Crippen LogP contribution in [0.15, 0.2) is 46.0 Å². The maximum Gasteiger partial charge on any atom is 0.328 e. The predicted octanol–water partition coefficient (Wildman–Crippen LogP) is 1.98. The average molecular weight is 330 g/mol. The van der Waals surface area contributed by atoms with E-state index in [0.717, 1.165) is 15.0 Å². The minimum absolute atomic E-state index is 0.00461. The lowest BCUT2D eigenvalue weighted by Gasteiger charge is -2.03. The number of thiophene rings is 1. The fraction of sp³-hybridized carbons (Fsp3) is 0.188. The Morgan fingerprint density at radius 2 is 2.00 bits per heavy atom. The first kappa shape index (κ1) is 15.2. The van der Waals surface area contributed by atoms with Crippen LogP contribution in [0.5, 0.6) is 0 Å². The van der Waals surface area contributed by atoms with E-state index in [1.54, 1.807) is 6.07 Å². The quantitative estimate of drug-likeness (QED) is 0.742. The first-order valence-corrected chi connectivity index (χ1v) is 7.80. The number of ether oxygens (including phenoxy) is 1. The Morgan fingerprint density at radius 3 is 2.70 bits per heavy atom. The molecule has 23 heavy (non-hydrogen) atoms. The second-order valence-electron chi connectivity index (χ2n) is 4.93. The molecule has 6 nitrogen and oxygen atoms in total. The molecule has 0 bridgehead atoms. The zero-order valence-electron chi connectivity index (χ0n) is 12.4. The third-order valence-electron chi connectivity index (χ3n) is 3.48. The van der Waals surface area contributed by atoms with Gasteiger partial charge in [0, 0.05) is 11.4 Å². The number of nitrogens with zero attached hydrogens (tertiary/aromatic N) is 1. The van der Waals surface area contributed by atoms with E-state index in [-0.39, 0.29) is 18.5 Å². The summed E-state index contributed by atoms with van der Waals surface area (Å²) in [6.45, 7) is -0.00461. The van der Waals surface area contributed by atoms with Crippen molar-refractivity contribution in [3.8, 4) is 10.4 Å². The minimum atomic E-state index is -0.524. The summed E-state index contributed by atoms with van der Waals surface area (Å²) >= 11 is 1.32. The highest BCUT2D eigenvalue weighted by atomic mass is 32.1. The van der Waals surface area contributed by atoms with Crippen LogP contribution in [-0.4, -0.2) is 22.6 Å². The summed E-state index contributed by atoms with van der Waals surface area (Å²) in [6.07, 6.45) is -0.0259. The number of H-pyrrole nitrogens is 1. The van der Waals surface area contributed by atoms with Crippen molar-refractivity contribution in [1.82, 2.24) is 9.55 Å². The van der Waals surface area contributed by atoms with E-state index in [2.05, 4.69) is 9.72 Å². The average Bonchev–Trinajstić information content (AvgIpc) is 2.99. The van der Waals surface area contributed by atoms with Gasteiger partial charge >= 0.3 is 11.7 Å². The maximum absolute atomic E-state index is 12.5. The summed E-state index contributed by atoms with van der Waals surface area (Å²) in [5, 5.41) is 0. The summed E-state index contributed by atoms with van der Waals surface area (Å²) in [4.78, 5) is 39.4. The number of fused-ring (bicyclic) bond motifs is 1. The molecule has 118 valence electrons. The molecule has 0 aliphatic rings. The third-order valence-corrected chi connectivity index (χ3v) is 4.66. The maximum atomic E-state index is 12.5. The van der Waals surface area contributed by atoms with Crippen molar-refractivity contribution >= 4 is 27.5 Å². The van der Waals surface area contributed by atoms with Gasteiger partial charge in [0.1, 0.15) is 4.70 Å². The van der Waals surface area contributed by atoms with Crippen LogP contribution < -0.4 is 11.2 Å². The lowest BCUT2D eigenvalue weighted by molar-refractivity contribution is -0.140. The van der Waals surface area contributed by atoms with Gasteiger partial charge in [0.05, 0.1) is 19.0 Å². The molecule has 7 heteroatoms. The number of hydrogen-bond donors (Lipinski definition) is 1. The van der Waals surface area contributed by atoms with Crippen molar-refractivity contribution in [2.75, 3.05) is 7.11 Å². The van der Waals surface area contributed by atoms with E-state index >= 15 is 0 Å². The molecule has 2 heterocycles. The third kappa shape index (κ3) is 2.95. The lowest BCUT2D eigenvalue weighted by Crippen LogP contribution is -2.35. The van der Waals surface area contributed by atoms with Crippen LogP contribution in [0.25, 0.3) is 20.7 Å². The number of esters is 1. The topological polar surface area (TPSA) is 81.2 Å². The number of hydrogen-bond acceptors (Lipinski definition) is 5. The molecular weight excluding hydrogens is 316 g/mol. The fourth-order valence-electron chi connectivity index (χ4n) is 2.29. The summed E-state index contributed by atoms with van der Waals surface area (Å²) < 4.78 is 6.04. The van der Waals surface area contributed by atoms with Crippen molar-refractivity contribution in [2.45, 2.75) is 13.0 Å². The van der Waals surface area contributed by atoms with E-state index in [1.807, 2.05) is 30.3 Å². The van der Waals surface area contributed by atoms with Crippen molar-refractivity contribution in [3.05, 3.63) is 57.2 Å². The van der Waals surface area contributed by atoms with E-state index in [0.29, 0.717) is 10.2 Å². The largest absolute Gasteiger partial charge is 0.469 e. The summed E-state index contributed by atoms with van der Waals surface area (Å²) in [6, 6.07) is 11.4. The Bertz CT molecular complexity index is 969. The van der Waals surface area contributed by atoms with Gasteiger partial charge in [-0.1, -0.05) is 30.3 Å². The molecule has 2 aromatic heterocycles. The van der Waals surface area contributed by atoms with E-state index in [9.17, 15) is 14.4 Å². The number of carbonyl (C=O) groups excluding carboxylic acids is 1. The number of carbonyl (C=O) groups is 1. The molecule has 0 saturated heterocycles. The molecule has 0 unspecified atom stereocenters. The summed E-state index contributed by atoms with van der Waals surface area (Å²) in [5.74, 6) is -0.465. The summed E-state index contributed by atoms with van der Waals surface area (Å²) in [7, 11) is 1.27. The molecule has 3 aromatic rings. The van der Waals surface area contributed by atoms with Gasteiger partial charge in [-0.05, 0) is 11.6 Å². The molecule has 0 amide bonds. The van der Waals surface area contributed by atoms with Gasteiger partial charge in [-0.25, -0.2) is 4.79 Å². The molecule has 3 rings (SSSR count). The van der Waals surface area contributed by atoms with Gasteiger partial charge in [0.15, 0.2) is 0 Å². The lowest BCUT2D eigenvalue weighted by atomic mass is 10.2. The van der Waals surface area contributed by atoms with Crippen LogP contribution in [-0.2, 0) is 16.1 Å². The van der Waals surface area contributed by atoms with Crippen LogP contribution in [0.3, 0.4) is 0 Å². The van der Waals surface area contributed by atoms with Gasteiger partial charge in [-0.2, -0.15) is 0 Å². The van der Waals surface area contributed by atoms with Gasteiger partial charge in [-0.3, -0.25) is 14.2 Å². The predicted molar refractivity (Wildman–Crippen MR) is 88.8 cm³/mol. The highest BCUT2D eigenvalue weighted by molar-refractivity contribution is 7.22. The molecule has 0 atom stereocenters. The van der Waals surface area contributed by atoms with Crippen LogP contribution in [0.1, 0.15) is 6.42 Å². The SMILES string of the molecule is COC(=O)CCn1c(=O)[nH]c2cc(-c3ccccc3)sc2c1=O. The Balaban J connectivity index is 2.07. The van der Waals surface area contributed by atoms with Crippen LogP contribution in [0.4, 0.5) is 0 Å². The normalized spacial score (nSPS) is 10.8. The Labute approximate surface area is 135 Å². The van der Waals surface area contributed by atoms with Gasteiger partial charge in [0.25, 0.3) is 5.56 Å².